The molecule has 1 aliphatic carbocycles. The first-order valence-electron chi connectivity index (χ1n) is 8.15. The second-order valence-corrected chi connectivity index (χ2v) is 5.86. The van der Waals surface area contributed by atoms with Gasteiger partial charge in [0.2, 0.25) is 0 Å². The summed E-state index contributed by atoms with van der Waals surface area (Å²) >= 11 is 0. The second-order valence-electron chi connectivity index (χ2n) is 5.86. The number of rotatable bonds is 13. The van der Waals surface area contributed by atoms with Crippen molar-refractivity contribution in [2.45, 2.75) is 90.4 Å². The molecule has 0 aromatic carbocycles. The van der Waals surface area contributed by atoms with E-state index < -0.39 is 5.97 Å². The normalized spacial score (nSPS) is 13.9. The summed E-state index contributed by atoms with van der Waals surface area (Å²) in [6, 6.07) is 0. The molecule has 0 fully saturated rings. The molecule has 0 unspecified atom stereocenters. The maximum Gasteiger partial charge on any atom is 0.303 e. The second kappa shape index (κ2) is 10.1. The number of aliphatic carboxylic acids is 1. The van der Waals surface area contributed by atoms with Gasteiger partial charge in [-0.1, -0.05) is 56.6 Å². The Labute approximate surface area is 118 Å². The van der Waals surface area contributed by atoms with Gasteiger partial charge >= 0.3 is 5.97 Å². The van der Waals surface area contributed by atoms with Crippen molar-refractivity contribution in [3.05, 3.63) is 11.1 Å². The summed E-state index contributed by atoms with van der Waals surface area (Å²) in [4.78, 5) is 10.3. The Bertz CT molecular complexity index is 292. The van der Waals surface area contributed by atoms with Crippen LogP contribution in [0, 0.1) is 0 Å². The van der Waals surface area contributed by atoms with Gasteiger partial charge in [0.25, 0.3) is 0 Å². The van der Waals surface area contributed by atoms with Crippen LogP contribution in [0.2, 0.25) is 0 Å². The van der Waals surface area contributed by atoms with Gasteiger partial charge < -0.3 is 5.11 Å². The van der Waals surface area contributed by atoms with Crippen LogP contribution in [0.5, 0.6) is 0 Å². The number of hydrogen-bond acceptors (Lipinski definition) is 1. The number of carboxylic acids is 1. The molecule has 19 heavy (non-hydrogen) atoms. The molecule has 0 amide bonds. The van der Waals surface area contributed by atoms with Crippen molar-refractivity contribution >= 4 is 5.97 Å². The number of allylic oxidation sites excluding steroid dienone is 2. The van der Waals surface area contributed by atoms with Gasteiger partial charge in [0.1, 0.15) is 0 Å². The van der Waals surface area contributed by atoms with Crippen molar-refractivity contribution in [3.8, 4) is 0 Å². The van der Waals surface area contributed by atoms with Gasteiger partial charge in [0.05, 0.1) is 0 Å². The van der Waals surface area contributed by atoms with Gasteiger partial charge in [-0.2, -0.15) is 0 Å². The van der Waals surface area contributed by atoms with Crippen molar-refractivity contribution < 1.29 is 9.90 Å². The van der Waals surface area contributed by atoms with Crippen molar-refractivity contribution in [1.82, 2.24) is 0 Å². The predicted molar refractivity (Wildman–Crippen MR) is 80.4 cm³/mol. The zero-order valence-corrected chi connectivity index (χ0v) is 12.5. The van der Waals surface area contributed by atoms with Crippen LogP contribution >= 0.6 is 0 Å². The Balaban J connectivity index is 1.85. The lowest BCUT2D eigenvalue weighted by Crippen LogP contribution is -1.93. The molecule has 0 saturated heterocycles. The van der Waals surface area contributed by atoms with Crippen molar-refractivity contribution in [2.75, 3.05) is 0 Å². The Kier molecular flexibility index (Phi) is 8.61. The third-order valence-electron chi connectivity index (χ3n) is 4.00. The lowest BCUT2D eigenvalue weighted by Gasteiger charge is -1.98. The molecular weight excluding hydrogens is 236 g/mol. The third kappa shape index (κ3) is 8.85. The van der Waals surface area contributed by atoms with Gasteiger partial charge in [-0.05, 0) is 38.5 Å². The quantitative estimate of drug-likeness (QED) is 0.354. The average molecular weight is 266 g/mol. The van der Waals surface area contributed by atoms with E-state index in [0.29, 0.717) is 6.42 Å². The molecule has 0 spiro atoms. The van der Waals surface area contributed by atoms with Gasteiger partial charge in [0.15, 0.2) is 0 Å². The van der Waals surface area contributed by atoms with Crippen LogP contribution in [0.1, 0.15) is 90.4 Å². The van der Waals surface area contributed by atoms with E-state index >= 15 is 0 Å². The first-order chi connectivity index (χ1) is 9.24. The number of unbranched alkanes of at least 4 members (excludes halogenated alkanes) is 7. The monoisotopic (exact) mass is 266 g/mol. The summed E-state index contributed by atoms with van der Waals surface area (Å²) in [5, 5.41) is 8.52. The van der Waals surface area contributed by atoms with Crippen LogP contribution < -0.4 is 0 Å². The molecule has 0 aromatic rings. The summed E-state index contributed by atoms with van der Waals surface area (Å²) in [6.45, 7) is 2.26. The molecule has 0 aromatic heterocycles. The number of hydrogen-bond donors (Lipinski definition) is 1. The van der Waals surface area contributed by atoms with Crippen LogP contribution in [0.25, 0.3) is 0 Å². The molecule has 2 heteroatoms. The molecule has 0 saturated carbocycles. The van der Waals surface area contributed by atoms with E-state index in [1.165, 1.54) is 64.2 Å². The molecule has 110 valence electrons. The Morgan fingerprint density at radius 2 is 1.42 bits per heavy atom. The number of carbonyl (C=O) groups is 1. The van der Waals surface area contributed by atoms with E-state index in [-0.39, 0.29) is 0 Å². The first-order valence-corrected chi connectivity index (χ1v) is 8.15. The molecule has 1 N–H and O–H groups in total. The molecule has 1 rings (SSSR count). The smallest absolute Gasteiger partial charge is 0.303 e. The minimum absolute atomic E-state index is 0.340. The zero-order chi connectivity index (χ0) is 13.9. The van der Waals surface area contributed by atoms with E-state index in [2.05, 4.69) is 6.92 Å². The highest BCUT2D eigenvalue weighted by molar-refractivity contribution is 5.66. The topological polar surface area (TPSA) is 37.3 Å². The third-order valence-corrected chi connectivity index (χ3v) is 4.00. The van der Waals surface area contributed by atoms with Gasteiger partial charge in [-0.3, -0.25) is 4.79 Å². The minimum Gasteiger partial charge on any atom is -0.481 e. The number of carboxylic acid groups (broad SMARTS) is 1. The molecule has 0 atom stereocenters. The molecule has 2 nitrogen and oxygen atoms in total. The SMILES string of the molecule is CCCCCCC1=C(CCCCCCCC(=O)O)C1. The fraction of sp³-hybridized carbons (Fsp3) is 0.824. The van der Waals surface area contributed by atoms with Crippen LogP contribution in [0.15, 0.2) is 11.1 Å². The Hall–Kier alpha value is -0.790. The molecule has 0 heterocycles. The minimum atomic E-state index is -0.657. The van der Waals surface area contributed by atoms with E-state index in [1.807, 2.05) is 0 Å². The van der Waals surface area contributed by atoms with Crippen LogP contribution in [0.4, 0.5) is 0 Å². The molecule has 0 aliphatic heterocycles. The summed E-state index contributed by atoms with van der Waals surface area (Å²) in [6.07, 6.45) is 15.5. The lowest BCUT2D eigenvalue weighted by atomic mass is 10.1. The largest absolute Gasteiger partial charge is 0.481 e. The van der Waals surface area contributed by atoms with Crippen molar-refractivity contribution in [3.63, 3.8) is 0 Å². The van der Waals surface area contributed by atoms with Crippen LogP contribution in [-0.4, -0.2) is 11.1 Å². The van der Waals surface area contributed by atoms with Crippen LogP contribution in [0.3, 0.4) is 0 Å². The van der Waals surface area contributed by atoms with E-state index in [1.54, 1.807) is 11.1 Å². The van der Waals surface area contributed by atoms with Crippen LogP contribution in [-0.2, 0) is 4.79 Å². The Morgan fingerprint density at radius 3 is 2.00 bits per heavy atom. The van der Waals surface area contributed by atoms with Crippen molar-refractivity contribution in [1.29, 1.82) is 0 Å². The zero-order valence-electron chi connectivity index (χ0n) is 12.5. The molecule has 0 radical (unpaired) electrons. The highest BCUT2D eigenvalue weighted by Gasteiger charge is 2.19. The van der Waals surface area contributed by atoms with Crippen molar-refractivity contribution in [2.24, 2.45) is 0 Å². The van der Waals surface area contributed by atoms with Gasteiger partial charge in [-0.15, -0.1) is 0 Å². The van der Waals surface area contributed by atoms with Gasteiger partial charge in [-0.25, -0.2) is 0 Å². The molecule has 0 bridgehead atoms. The van der Waals surface area contributed by atoms with E-state index in [9.17, 15) is 4.79 Å². The fourth-order valence-electron chi connectivity index (χ4n) is 2.65. The molecular formula is C17H30O2. The highest BCUT2D eigenvalue weighted by Crippen LogP contribution is 2.38. The maximum atomic E-state index is 10.3. The average Bonchev–Trinajstić information content (AvgIpc) is 3.12. The first kappa shape index (κ1) is 16.3. The van der Waals surface area contributed by atoms with Gasteiger partial charge in [0, 0.05) is 6.42 Å². The van der Waals surface area contributed by atoms with E-state index in [0.717, 1.165) is 12.8 Å². The summed E-state index contributed by atoms with van der Waals surface area (Å²) < 4.78 is 0. The lowest BCUT2D eigenvalue weighted by molar-refractivity contribution is -0.137. The Morgan fingerprint density at radius 1 is 0.895 bits per heavy atom. The standard InChI is InChI=1S/C17H30O2/c1-2-3-4-8-11-15-14-16(15)12-9-6-5-7-10-13-17(18)19/h2-14H2,1H3,(H,18,19). The fourth-order valence-corrected chi connectivity index (χ4v) is 2.65. The summed E-state index contributed by atoms with van der Waals surface area (Å²) in [5.74, 6) is -0.657. The predicted octanol–water partition coefficient (Wildman–Crippen LogP) is 5.47. The molecule has 1 aliphatic rings. The maximum absolute atomic E-state index is 10.3. The highest BCUT2D eigenvalue weighted by atomic mass is 16.4. The summed E-state index contributed by atoms with van der Waals surface area (Å²) in [5.41, 5.74) is 3.49. The van der Waals surface area contributed by atoms with E-state index in [4.69, 9.17) is 5.11 Å². The summed E-state index contributed by atoms with van der Waals surface area (Å²) in [7, 11) is 0.